The molecular formula is C18H26N6O. The van der Waals surface area contributed by atoms with E-state index >= 15 is 0 Å². The predicted octanol–water partition coefficient (Wildman–Crippen LogP) is 2.56. The molecule has 4 rings (SSSR count). The summed E-state index contributed by atoms with van der Waals surface area (Å²) in [5.74, 6) is 0.748. The molecular weight excluding hydrogens is 316 g/mol. The molecule has 2 fully saturated rings. The van der Waals surface area contributed by atoms with Crippen molar-refractivity contribution in [3.05, 3.63) is 30.4 Å². The second-order valence-electron chi connectivity index (χ2n) is 7.32. The van der Waals surface area contributed by atoms with Crippen molar-refractivity contribution in [3.63, 3.8) is 0 Å². The summed E-state index contributed by atoms with van der Waals surface area (Å²) in [5, 5.41) is 13.0. The van der Waals surface area contributed by atoms with Crippen LogP contribution in [0.2, 0.25) is 0 Å². The van der Waals surface area contributed by atoms with Gasteiger partial charge in [-0.05, 0) is 38.7 Å². The quantitative estimate of drug-likeness (QED) is 0.856. The fourth-order valence-electron chi connectivity index (χ4n) is 4.12. The van der Waals surface area contributed by atoms with Crippen LogP contribution in [0.3, 0.4) is 0 Å². The molecule has 7 nitrogen and oxygen atoms in total. The molecule has 0 aromatic carbocycles. The number of rotatable bonds is 4. The van der Waals surface area contributed by atoms with Gasteiger partial charge in [-0.1, -0.05) is 18.1 Å². The standard InChI is InChI=1S/C18H26N6O/c1-14(23-10-4-9-19-23)18(25)22-11-7-16(8-12-22)24-13-17(20-21-24)15-5-2-3-6-15/h4,9-10,13-16H,2-3,5-8,11-12H2,1H3/t14-/m0/s1. The minimum absolute atomic E-state index is 0.146. The normalized spacial score (nSPS) is 20.9. The number of nitrogens with zero attached hydrogens (tertiary/aromatic N) is 6. The van der Waals surface area contributed by atoms with E-state index in [9.17, 15) is 4.79 Å². The third kappa shape index (κ3) is 3.32. The highest BCUT2D eigenvalue weighted by atomic mass is 16.2. The maximum absolute atomic E-state index is 12.6. The number of piperidine rings is 1. The van der Waals surface area contributed by atoms with Crippen LogP contribution in [0.5, 0.6) is 0 Å². The van der Waals surface area contributed by atoms with Crippen molar-refractivity contribution >= 4 is 5.91 Å². The van der Waals surface area contributed by atoms with E-state index in [1.165, 1.54) is 25.7 Å². The summed E-state index contributed by atoms with van der Waals surface area (Å²) in [5.41, 5.74) is 1.16. The van der Waals surface area contributed by atoms with Gasteiger partial charge in [0.1, 0.15) is 6.04 Å². The molecule has 0 spiro atoms. The molecule has 0 bridgehead atoms. The Morgan fingerprint density at radius 2 is 1.96 bits per heavy atom. The first kappa shape index (κ1) is 16.3. The Balaban J connectivity index is 1.34. The summed E-state index contributed by atoms with van der Waals surface area (Å²) in [7, 11) is 0. The number of aromatic nitrogens is 5. The smallest absolute Gasteiger partial charge is 0.247 e. The first-order valence-electron chi connectivity index (χ1n) is 9.42. The van der Waals surface area contributed by atoms with Crippen LogP contribution in [-0.4, -0.2) is 48.7 Å². The molecule has 2 aromatic heterocycles. The van der Waals surface area contributed by atoms with Gasteiger partial charge in [0, 0.05) is 37.6 Å². The first-order chi connectivity index (χ1) is 12.2. The van der Waals surface area contributed by atoms with Crippen LogP contribution in [0.1, 0.15) is 69.1 Å². The van der Waals surface area contributed by atoms with Crippen LogP contribution in [0, 0.1) is 0 Å². The van der Waals surface area contributed by atoms with Crippen molar-refractivity contribution in [1.29, 1.82) is 0 Å². The Bertz CT molecular complexity index is 695. The topological polar surface area (TPSA) is 68.8 Å². The highest BCUT2D eigenvalue weighted by Gasteiger charge is 2.29. The van der Waals surface area contributed by atoms with Gasteiger partial charge in [-0.2, -0.15) is 5.10 Å². The van der Waals surface area contributed by atoms with Gasteiger partial charge in [0.05, 0.1) is 11.7 Å². The number of hydrogen-bond acceptors (Lipinski definition) is 4. The zero-order valence-electron chi connectivity index (χ0n) is 14.8. The third-order valence-corrected chi connectivity index (χ3v) is 5.73. The molecule has 134 valence electrons. The van der Waals surface area contributed by atoms with Crippen LogP contribution in [0.25, 0.3) is 0 Å². The number of likely N-dealkylation sites (tertiary alicyclic amines) is 1. The largest absolute Gasteiger partial charge is 0.341 e. The second-order valence-corrected chi connectivity index (χ2v) is 7.32. The van der Waals surface area contributed by atoms with E-state index in [2.05, 4.69) is 21.6 Å². The molecule has 3 heterocycles. The Labute approximate surface area is 148 Å². The summed E-state index contributed by atoms with van der Waals surface area (Å²) < 4.78 is 3.76. The lowest BCUT2D eigenvalue weighted by atomic mass is 10.0. The van der Waals surface area contributed by atoms with Crippen LogP contribution in [0.15, 0.2) is 24.7 Å². The van der Waals surface area contributed by atoms with E-state index in [1.54, 1.807) is 10.9 Å². The van der Waals surface area contributed by atoms with Crippen molar-refractivity contribution in [2.75, 3.05) is 13.1 Å². The Morgan fingerprint density at radius 3 is 2.64 bits per heavy atom. The van der Waals surface area contributed by atoms with E-state index in [0.29, 0.717) is 12.0 Å². The lowest BCUT2D eigenvalue weighted by molar-refractivity contribution is -0.135. The van der Waals surface area contributed by atoms with Crippen molar-refractivity contribution < 1.29 is 4.79 Å². The Hall–Kier alpha value is -2.18. The van der Waals surface area contributed by atoms with Gasteiger partial charge in [-0.15, -0.1) is 5.10 Å². The minimum atomic E-state index is -0.244. The lowest BCUT2D eigenvalue weighted by Crippen LogP contribution is -2.42. The summed E-state index contributed by atoms with van der Waals surface area (Å²) in [4.78, 5) is 14.6. The molecule has 0 radical (unpaired) electrons. The number of carbonyl (C=O) groups is 1. The van der Waals surface area contributed by atoms with Gasteiger partial charge in [0.25, 0.3) is 0 Å². The molecule has 1 amide bonds. The van der Waals surface area contributed by atoms with Crippen LogP contribution in [0.4, 0.5) is 0 Å². The van der Waals surface area contributed by atoms with Gasteiger partial charge >= 0.3 is 0 Å². The lowest BCUT2D eigenvalue weighted by Gasteiger charge is -2.33. The maximum Gasteiger partial charge on any atom is 0.247 e. The molecule has 2 aromatic rings. The highest BCUT2D eigenvalue weighted by molar-refractivity contribution is 5.80. The zero-order valence-corrected chi connectivity index (χ0v) is 14.8. The van der Waals surface area contributed by atoms with Crippen LogP contribution in [-0.2, 0) is 4.79 Å². The SMILES string of the molecule is C[C@@H](C(=O)N1CCC(n2cc(C3CCCC3)nn2)CC1)n1cccn1. The highest BCUT2D eigenvalue weighted by Crippen LogP contribution is 2.33. The molecule has 0 N–H and O–H groups in total. The van der Waals surface area contributed by atoms with Crippen LogP contribution >= 0.6 is 0 Å². The fraction of sp³-hybridized carbons (Fsp3) is 0.667. The van der Waals surface area contributed by atoms with E-state index in [-0.39, 0.29) is 11.9 Å². The fourth-order valence-corrected chi connectivity index (χ4v) is 4.12. The Kier molecular flexibility index (Phi) is 4.55. The second kappa shape index (κ2) is 6.98. The van der Waals surface area contributed by atoms with Gasteiger partial charge in [0.2, 0.25) is 5.91 Å². The molecule has 1 saturated heterocycles. The van der Waals surface area contributed by atoms with Gasteiger partial charge in [-0.25, -0.2) is 4.68 Å². The predicted molar refractivity (Wildman–Crippen MR) is 93.0 cm³/mol. The minimum Gasteiger partial charge on any atom is -0.341 e. The number of hydrogen-bond donors (Lipinski definition) is 0. The summed E-state index contributed by atoms with van der Waals surface area (Å²) in [6, 6.07) is 1.96. The molecule has 7 heteroatoms. The van der Waals surface area contributed by atoms with Crippen molar-refractivity contribution in [2.24, 2.45) is 0 Å². The van der Waals surface area contributed by atoms with Gasteiger partial charge in [-0.3, -0.25) is 9.48 Å². The van der Waals surface area contributed by atoms with E-state index in [0.717, 1.165) is 31.6 Å². The molecule has 1 atom stereocenters. The van der Waals surface area contributed by atoms with E-state index < -0.39 is 0 Å². The average molecular weight is 342 g/mol. The monoisotopic (exact) mass is 342 g/mol. The Morgan fingerprint density at radius 1 is 1.20 bits per heavy atom. The zero-order chi connectivity index (χ0) is 17.2. The summed E-state index contributed by atoms with van der Waals surface area (Å²) in [6.07, 6.45) is 12.7. The van der Waals surface area contributed by atoms with Gasteiger partial charge < -0.3 is 4.90 Å². The van der Waals surface area contributed by atoms with Crippen LogP contribution < -0.4 is 0 Å². The molecule has 1 aliphatic carbocycles. The van der Waals surface area contributed by atoms with Crippen molar-refractivity contribution in [1.82, 2.24) is 29.7 Å². The molecule has 1 aliphatic heterocycles. The summed E-state index contributed by atoms with van der Waals surface area (Å²) >= 11 is 0. The number of carbonyl (C=O) groups excluding carboxylic acids is 1. The maximum atomic E-state index is 12.6. The molecule has 2 aliphatic rings. The molecule has 25 heavy (non-hydrogen) atoms. The van der Waals surface area contributed by atoms with Gasteiger partial charge in [0.15, 0.2) is 0 Å². The van der Waals surface area contributed by atoms with E-state index in [1.807, 2.05) is 28.8 Å². The van der Waals surface area contributed by atoms with Crippen molar-refractivity contribution in [3.8, 4) is 0 Å². The van der Waals surface area contributed by atoms with Crippen molar-refractivity contribution in [2.45, 2.75) is 63.5 Å². The average Bonchev–Trinajstić information content (AvgIpc) is 3.42. The molecule has 1 saturated carbocycles. The van der Waals surface area contributed by atoms with E-state index in [4.69, 9.17) is 0 Å². The summed E-state index contributed by atoms with van der Waals surface area (Å²) in [6.45, 7) is 3.45. The number of amides is 1. The molecule has 0 unspecified atom stereocenters. The first-order valence-corrected chi connectivity index (χ1v) is 9.42. The third-order valence-electron chi connectivity index (χ3n) is 5.73.